The van der Waals surface area contributed by atoms with E-state index in [1.165, 1.54) is 10.8 Å². The first-order valence-corrected chi connectivity index (χ1v) is 12.2. The molecule has 0 fully saturated rings. The van der Waals surface area contributed by atoms with E-state index >= 15 is 0 Å². The third kappa shape index (κ3) is 6.82. The van der Waals surface area contributed by atoms with E-state index < -0.39 is 6.04 Å². The molecule has 4 nitrogen and oxygen atoms in total. The standard InChI is InChI=1S/C28H33ClN2O2/c1-3-5-19-30-28(33)26(4-2)31(20-21-13-16-24(29)17-14-21)27(32)18-15-23-11-8-10-22-9-6-7-12-25(22)23/h6-14,16-17,26H,3-5,15,18-20H2,1-2H3,(H,30,33)/t26-/m0/s1. The predicted molar refractivity (Wildman–Crippen MR) is 136 cm³/mol. The molecule has 0 saturated carbocycles. The molecular weight excluding hydrogens is 432 g/mol. The minimum atomic E-state index is -0.502. The van der Waals surface area contributed by atoms with Crippen molar-refractivity contribution in [2.24, 2.45) is 0 Å². The van der Waals surface area contributed by atoms with Gasteiger partial charge in [-0.15, -0.1) is 0 Å². The molecule has 33 heavy (non-hydrogen) atoms. The van der Waals surface area contributed by atoms with Crippen LogP contribution in [0.3, 0.4) is 0 Å². The molecule has 1 atom stereocenters. The summed E-state index contributed by atoms with van der Waals surface area (Å²) >= 11 is 6.04. The van der Waals surface area contributed by atoms with E-state index in [1.54, 1.807) is 4.90 Å². The average Bonchev–Trinajstić information content (AvgIpc) is 2.83. The van der Waals surface area contributed by atoms with Gasteiger partial charge in [-0.05, 0) is 53.3 Å². The SMILES string of the molecule is CCCCNC(=O)[C@H](CC)N(Cc1ccc(Cl)cc1)C(=O)CCc1cccc2ccccc12. The zero-order chi connectivity index (χ0) is 23.6. The van der Waals surface area contributed by atoms with E-state index in [2.05, 4.69) is 36.5 Å². The fourth-order valence-electron chi connectivity index (χ4n) is 4.11. The number of nitrogens with one attached hydrogen (secondary N) is 1. The minimum absolute atomic E-state index is 0.0182. The number of carbonyl (C=O) groups excluding carboxylic acids is 2. The topological polar surface area (TPSA) is 49.4 Å². The molecule has 0 aliphatic carbocycles. The molecule has 3 aromatic rings. The maximum absolute atomic E-state index is 13.5. The Morgan fingerprint density at radius 2 is 1.70 bits per heavy atom. The molecule has 0 bridgehead atoms. The number of carbonyl (C=O) groups is 2. The van der Waals surface area contributed by atoms with Gasteiger partial charge in [-0.25, -0.2) is 0 Å². The van der Waals surface area contributed by atoms with Crippen LogP contribution in [-0.4, -0.2) is 29.3 Å². The number of aryl methyl sites for hydroxylation is 1. The van der Waals surface area contributed by atoms with Crippen LogP contribution < -0.4 is 5.32 Å². The van der Waals surface area contributed by atoms with Gasteiger partial charge in [-0.1, -0.05) is 86.5 Å². The van der Waals surface area contributed by atoms with Crippen LogP contribution in [0.4, 0.5) is 0 Å². The van der Waals surface area contributed by atoms with Crippen molar-refractivity contribution in [1.82, 2.24) is 10.2 Å². The summed E-state index contributed by atoms with van der Waals surface area (Å²) < 4.78 is 0. The number of halogens is 1. The lowest BCUT2D eigenvalue weighted by molar-refractivity contribution is -0.141. The first kappa shape index (κ1) is 24.8. The molecule has 0 unspecified atom stereocenters. The molecule has 1 N–H and O–H groups in total. The van der Waals surface area contributed by atoms with Crippen LogP contribution in [0.1, 0.15) is 50.7 Å². The van der Waals surface area contributed by atoms with Crippen molar-refractivity contribution in [2.75, 3.05) is 6.54 Å². The van der Waals surface area contributed by atoms with E-state index in [9.17, 15) is 9.59 Å². The van der Waals surface area contributed by atoms with Gasteiger partial charge >= 0.3 is 0 Å². The van der Waals surface area contributed by atoms with Crippen molar-refractivity contribution in [1.29, 1.82) is 0 Å². The maximum atomic E-state index is 13.5. The molecule has 5 heteroatoms. The van der Waals surface area contributed by atoms with E-state index in [1.807, 2.05) is 49.4 Å². The molecule has 0 saturated heterocycles. The molecule has 3 aromatic carbocycles. The quantitative estimate of drug-likeness (QED) is 0.346. The number of unbranched alkanes of at least 4 members (excludes halogenated alkanes) is 1. The van der Waals surface area contributed by atoms with Crippen molar-refractivity contribution >= 4 is 34.2 Å². The van der Waals surface area contributed by atoms with Crippen molar-refractivity contribution in [3.05, 3.63) is 82.9 Å². The Hall–Kier alpha value is -2.85. The second kappa shape index (κ2) is 12.4. The Balaban J connectivity index is 1.79. The van der Waals surface area contributed by atoms with Crippen molar-refractivity contribution in [3.8, 4) is 0 Å². The van der Waals surface area contributed by atoms with Gasteiger partial charge in [0.2, 0.25) is 11.8 Å². The summed E-state index contributed by atoms with van der Waals surface area (Å²) in [5.41, 5.74) is 2.10. The Morgan fingerprint density at radius 1 is 0.970 bits per heavy atom. The van der Waals surface area contributed by atoms with Gasteiger partial charge in [0.05, 0.1) is 0 Å². The normalized spacial score (nSPS) is 11.8. The number of fused-ring (bicyclic) bond motifs is 1. The molecule has 0 radical (unpaired) electrons. The van der Waals surface area contributed by atoms with Gasteiger partial charge in [0.1, 0.15) is 6.04 Å². The van der Waals surface area contributed by atoms with E-state index in [-0.39, 0.29) is 11.8 Å². The zero-order valence-corrected chi connectivity index (χ0v) is 20.3. The second-order valence-corrected chi connectivity index (χ2v) is 8.79. The fraction of sp³-hybridized carbons (Fsp3) is 0.357. The maximum Gasteiger partial charge on any atom is 0.242 e. The Kier molecular flexibility index (Phi) is 9.32. The van der Waals surface area contributed by atoms with Gasteiger partial charge in [-0.2, -0.15) is 0 Å². The molecule has 0 aromatic heterocycles. The summed E-state index contributed by atoms with van der Waals surface area (Å²) in [7, 11) is 0. The van der Waals surface area contributed by atoms with Gasteiger partial charge in [0.15, 0.2) is 0 Å². The van der Waals surface area contributed by atoms with Gasteiger partial charge in [-0.3, -0.25) is 9.59 Å². The lowest BCUT2D eigenvalue weighted by Gasteiger charge is -2.31. The monoisotopic (exact) mass is 464 g/mol. The van der Waals surface area contributed by atoms with Crippen LogP contribution in [0.5, 0.6) is 0 Å². The van der Waals surface area contributed by atoms with Crippen molar-refractivity contribution in [2.45, 2.75) is 58.5 Å². The summed E-state index contributed by atoms with van der Waals surface area (Å²) in [6, 6.07) is 21.4. The minimum Gasteiger partial charge on any atom is -0.354 e. The number of nitrogens with zero attached hydrogens (tertiary/aromatic N) is 1. The summed E-state index contributed by atoms with van der Waals surface area (Å²) in [4.78, 5) is 28.2. The number of amides is 2. The molecule has 2 amide bonds. The zero-order valence-electron chi connectivity index (χ0n) is 19.5. The summed E-state index contributed by atoms with van der Waals surface area (Å²) in [5, 5.41) is 6.00. The second-order valence-electron chi connectivity index (χ2n) is 8.36. The highest BCUT2D eigenvalue weighted by Crippen LogP contribution is 2.21. The summed E-state index contributed by atoms with van der Waals surface area (Å²) in [6.45, 7) is 5.06. The fourth-order valence-corrected chi connectivity index (χ4v) is 4.23. The Labute approximate surface area is 201 Å². The highest BCUT2D eigenvalue weighted by Gasteiger charge is 2.28. The highest BCUT2D eigenvalue weighted by molar-refractivity contribution is 6.30. The smallest absolute Gasteiger partial charge is 0.242 e. The van der Waals surface area contributed by atoms with Crippen molar-refractivity contribution < 1.29 is 9.59 Å². The molecule has 174 valence electrons. The number of hydrogen-bond donors (Lipinski definition) is 1. The predicted octanol–water partition coefficient (Wildman–Crippen LogP) is 6.15. The van der Waals surface area contributed by atoms with Crippen LogP contribution in [0.15, 0.2) is 66.7 Å². The van der Waals surface area contributed by atoms with Crippen LogP contribution >= 0.6 is 11.6 Å². The van der Waals surface area contributed by atoms with Crippen LogP contribution in [0, 0.1) is 0 Å². The van der Waals surface area contributed by atoms with Gasteiger partial charge in [0.25, 0.3) is 0 Å². The van der Waals surface area contributed by atoms with Crippen LogP contribution in [0.25, 0.3) is 10.8 Å². The number of benzene rings is 3. The lowest BCUT2D eigenvalue weighted by atomic mass is 10.00. The van der Waals surface area contributed by atoms with Gasteiger partial charge in [0, 0.05) is 24.5 Å². The van der Waals surface area contributed by atoms with Crippen molar-refractivity contribution in [3.63, 3.8) is 0 Å². The molecule has 0 aliphatic rings. The average molecular weight is 465 g/mol. The van der Waals surface area contributed by atoms with Crippen LogP contribution in [-0.2, 0) is 22.6 Å². The number of rotatable bonds is 11. The summed E-state index contributed by atoms with van der Waals surface area (Å²) in [6.07, 6.45) is 3.47. The Bertz CT molecular complexity index is 1060. The third-order valence-corrected chi connectivity index (χ3v) is 6.22. The van der Waals surface area contributed by atoms with E-state index in [0.717, 1.165) is 24.0 Å². The van der Waals surface area contributed by atoms with Gasteiger partial charge < -0.3 is 10.2 Å². The molecule has 0 spiro atoms. The first-order valence-electron chi connectivity index (χ1n) is 11.8. The molecule has 0 heterocycles. The largest absolute Gasteiger partial charge is 0.354 e. The lowest BCUT2D eigenvalue weighted by Crippen LogP contribution is -2.49. The van der Waals surface area contributed by atoms with Crippen LogP contribution in [0.2, 0.25) is 5.02 Å². The van der Waals surface area contributed by atoms with E-state index in [4.69, 9.17) is 11.6 Å². The highest BCUT2D eigenvalue weighted by atomic mass is 35.5. The number of hydrogen-bond acceptors (Lipinski definition) is 2. The third-order valence-electron chi connectivity index (χ3n) is 5.97. The summed E-state index contributed by atoms with van der Waals surface area (Å²) in [5.74, 6) is -0.103. The molecule has 0 aliphatic heterocycles. The Morgan fingerprint density at radius 3 is 2.42 bits per heavy atom. The first-order chi connectivity index (χ1) is 16.0. The molecular formula is C28H33ClN2O2. The van der Waals surface area contributed by atoms with E-state index in [0.29, 0.717) is 37.4 Å². The molecule has 3 rings (SSSR count).